The second kappa shape index (κ2) is 7.65. The highest BCUT2D eigenvalue weighted by Crippen LogP contribution is 2.42. The lowest BCUT2D eigenvalue weighted by Gasteiger charge is -2.33. The average molecular weight is 414 g/mol. The number of rotatable bonds is 2. The van der Waals surface area contributed by atoms with E-state index in [1.165, 1.54) is 5.56 Å². The van der Waals surface area contributed by atoms with Crippen LogP contribution in [0.5, 0.6) is 0 Å². The van der Waals surface area contributed by atoms with Gasteiger partial charge in [0.15, 0.2) is 12.1 Å². The van der Waals surface area contributed by atoms with Crippen molar-refractivity contribution in [1.82, 2.24) is 19.7 Å². The SMILES string of the molecule is CN1Cc2cc(Cl)ccc2-n2c(nnc2C2CCC(C3C=CC=NC3F)CC2)C1. The van der Waals surface area contributed by atoms with E-state index in [0.29, 0.717) is 11.8 Å². The number of aliphatic imine (C=N–C) groups is 1. The Kier molecular flexibility index (Phi) is 5.00. The van der Waals surface area contributed by atoms with Gasteiger partial charge in [-0.3, -0.25) is 14.5 Å². The molecule has 1 fully saturated rings. The molecule has 2 atom stereocenters. The van der Waals surface area contributed by atoms with E-state index in [0.717, 1.165) is 61.1 Å². The number of dihydropyridines is 1. The van der Waals surface area contributed by atoms with Crippen LogP contribution < -0.4 is 0 Å². The van der Waals surface area contributed by atoms with E-state index in [4.69, 9.17) is 11.6 Å². The topological polar surface area (TPSA) is 46.3 Å². The first kappa shape index (κ1) is 18.9. The van der Waals surface area contributed by atoms with E-state index >= 15 is 0 Å². The van der Waals surface area contributed by atoms with Crippen molar-refractivity contribution in [3.05, 3.63) is 52.6 Å². The average Bonchev–Trinajstić information content (AvgIpc) is 3.06. The third-order valence-corrected chi connectivity index (χ3v) is 6.77. The van der Waals surface area contributed by atoms with Crippen LogP contribution >= 0.6 is 11.6 Å². The molecule has 152 valence electrons. The van der Waals surface area contributed by atoms with E-state index in [1.54, 1.807) is 6.21 Å². The molecule has 5 rings (SSSR count). The van der Waals surface area contributed by atoms with Gasteiger partial charge in [0, 0.05) is 29.6 Å². The van der Waals surface area contributed by atoms with Crippen LogP contribution in [0, 0.1) is 11.8 Å². The van der Waals surface area contributed by atoms with Crippen molar-refractivity contribution in [1.29, 1.82) is 0 Å². The molecular weight excluding hydrogens is 389 g/mol. The van der Waals surface area contributed by atoms with E-state index in [-0.39, 0.29) is 5.92 Å². The van der Waals surface area contributed by atoms with Crippen molar-refractivity contribution in [2.24, 2.45) is 16.8 Å². The largest absolute Gasteiger partial charge is 0.295 e. The zero-order chi connectivity index (χ0) is 20.0. The van der Waals surface area contributed by atoms with Gasteiger partial charge in [-0.2, -0.15) is 0 Å². The molecule has 2 aliphatic heterocycles. The van der Waals surface area contributed by atoms with E-state index in [2.05, 4.69) is 37.8 Å². The Morgan fingerprint density at radius 2 is 1.93 bits per heavy atom. The smallest absolute Gasteiger partial charge is 0.196 e. The quantitative estimate of drug-likeness (QED) is 0.671. The first-order valence-corrected chi connectivity index (χ1v) is 10.7. The first-order chi connectivity index (χ1) is 14.1. The molecule has 2 unspecified atom stereocenters. The van der Waals surface area contributed by atoms with Crippen molar-refractivity contribution in [2.75, 3.05) is 7.05 Å². The standard InChI is InChI=1S/C22H25ClFN5/c1-28-12-16-11-17(23)8-9-19(16)29-20(13-28)26-27-22(29)15-6-4-14(5-7-15)18-3-2-10-25-21(18)24/h2-3,8-11,14-15,18,21H,4-7,12-13H2,1H3. The molecule has 1 saturated carbocycles. The van der Waals surface area contributed by atoms with Crippen molar-refractivity contribution >= 4 is 17.8 Å². The summed E-state index contributed by atoms with van der Waals surface area (Å²) in [7, 11) is 2.09. The van der Waals surface area contributed by atoms with Gasteiger partial charge in [-0.1, -0.05) is 17.7 Å². The molecule has 3 heterocycles. The summed E-state index contributed by atoms with van der Waals surface area (Å²) < 4.78 is 16.5. The number of alkyl halides is 1. The molecule has 0 saturated heterocycles. The van der Waals surface area contributed by atoms with Gasteiger partial charge in [0.05, 0.1) is 12.2 Å². The van der Waals surface area contributed by atoms with E-state index in [1.807, 2.05) is 24.3 Å². The number of benzene rings is 1. The molecule has 0 spiro atoms. The van der Waals surface area contributed by atoms with Gasteiger partial charge in [0.25, 0.3) is 0 Å². The molecule has 1 aliphatic carbocycles. The summed E-state index contributed by atoms with van der Waals surface area (Å²) in [5.41, 5.74) is 2.32. The number of fused-ring (bicyclic) bond motifs is 3. The lowest BCUT2D eigenvalue weighted by atomic mass is 9.74. The summed E-state index contributed by atoms with van der Waals surface area (Å²) in [5.74, 6) is 2.60. The molecule has 2 aromatic rings. The lowest BCUT2D eigenvalue weighted by molar-refractivity contribution is 0.166. The molecule has 0 amide bonds. The maximum absolute atomic E-state index is 14.2. The fourth-order valence-corrected chi connectivity index (χ4v) is 5.29. The Hall–Kier alpha value is -2.05. The van der Waals surface area contributed by atoms with Crippen molar-refractivity contribution in [3.8, 4) is 5.69 Å². The predicted octanol–water partition coefficient (Wildman–Crippen LogP) is 4.69. The van der Waals surface area contributed by atoms with Gasteiger partial charge >= 0.3 is 0 Å². The summed E-state index contributed by atoms with van der Waals surface area (Å²) in [5, 5.41) is 9.90. The molecule has 0 radical (unpaired) electrons. The zero-order valence-electron chi connectivity index (χ0n) is 16.5. The summed E-state index contributed by atoms with van der Waals surface area (Å²) in [6.07, 6.45) is 8.32. The summed E-state index contributed by atoms with van der Waals surface area (Å²) in [6.45, 7) is 1.58. The first-order valence-electron chi connectivity index (χ1n) is 10.4. The van der Waals surface area contributed by atoms with Gasteiger partial charge in [-0.05, 0) is 68.5 Å². The highest BCUT2D eigenvalue weighted by molar-refractivity contribution is 6.30. The minimum Gasteiger partial charge on any atom is -0.295 e. The van der Waals surface area contributed by atoms with E-state index in [9.17, 15) is 4.39 Å². The minimum absolute atomic E-state index is 0.0898. The van der Waals surface area contributed by atoms with Crippen LogP contribution in [0.4, 0.5) is 4.39 Å². The maximum Gasteiger partial charge on any atom is 0.196 e. The summed E-state index contributed by atoms with van der Waals surface area (Å²) in [6, 6.07) is 6.06. The fourth-order valence-electron chi connectivity index (χ4n) is 5.09. The minimum atomic E-state index is -1.10. The predicted molar refractivity (Wildman–Crippen MR) is 112 cm³/mol. The summed E-state index contributed by atoms with van der Waals surface area (Å²) in [4.78, 5) is 6.18. The molecule has 0 N–H and O–H groups in total. The van der Waals surface area contributed by atoms with Gasteiger partial charge in [0.2, 0.25) is 0 Å². The lowest BCUT2D eigenvalue weighted by Crippen LogP contribution is -2.28. The highest BCUT2D eigenvalue weighted by Gasteiger charge is 2.35. The molecule has 7 heteroatoms. The Morgan fingerprint density at radius 3 is 2.72 bits per heavy atom. The molecular formula is C22H25ClFN5. The number of allylic oxidation sites excluding steroid dienone is 1. The number of halogens is 2. The zero-order valence-corrected chi connectivity index (χ0v) is 17.3. The molecule has 5 nitrogen and oxygen atoms in total. The van der Waals surface area contributed by atoms with Gasteiger partial charge in [-0.15, -0.1) is 10.2 Å². The number of nitrogens with zero attached hydrogens (tertiary/aromatic N) is 5. The second-order valence-corrected chi connectivity index (χ2v) is 8.94. The van der Waals surface area contributed by atoms with Crippen LogP contribution in [-0.2, 0) is 13.1 Å². The Labute approximate surface area is 175 Å². The number of hydrogen-bond acceptors (Lipinski definition) is 4. The molecule has 29 heavy (non-hydrogen) atoms. The van der Waals surface area contributed by atoms with Gasteiger partial charge in [-0.25, -0.2) is 4.39 Å². The fraction of sp³-hybridized carbons (Fsp3) is 0.500. The molecule has 0 bridgehead atoms. The second-order valence-electron chi connectivity index (χ2n) is 8.50. The van der Waals surface area contributed by atoms with Crippen LogP contribution in [0.25, 0.3) is 5.69 Å². The third-order valence-electron chi connectivity index (χ3n) is 6.54. The molecule has 3 aliphatic rings. The van der Waals surface area contributed by atoms with Gasteiger partial charge < -0.3 is 0 Å². The highest BCUT2D eigenvalue weighted by atomic mass is 35.5. The van der Waals surface area contributed by atoms with Crippen molar-refractivity contribution < 1.29 is 4.39 Å². The number of hydrogen-bond donors (Lipinski definition) is 0. The van der Waals surface area contributed by atoms with Gasteiger partial charge in [0.1, 0.15) is 5.82 Å². The van der Waals surface area contributed by atoms with Crippen LogP contribution in [0.3, 0.4) is 0 Å². The maximum atomic E-state index is 14.2. The third kappa shape index (κ3) is 3.53. The Morgan fingerprint density at radius 1 is 1.10 bits per heavy atom. The molecule has 1 aromatic carbocycles. The number of aromatic nitrogens is 3. The Bertz CT molecular complexity index is 960. The van der Waals surface area contributed by atoms with Crippen LogP contribution in [0.1, 0.15) is 48.8 Å². The molecule has 1 aromatic heterocycles. The monoisotopic (exact) mass is 413 g/mol. The Balaban J connectivity index is 1.41. The van der Waals surface area contributed by atoms with E-state index < -0.39 is 6.30 Å². The van der Waals surface area contributed by atoms with Crippen molar-refractivity contribution in [3.63, 3.8) is 0 Å². The van der Waals surface area contributed by atoms with Crippen LogP contribution in [0.15, 0.2) is 35.3 Å². The normalized spacial score (nSPS) is 29.3. The summed E-state index contributed by atoms with van der Waals surface area (Å²) >= 11 is 6.26. The van der Waals surface area contributed by atoms with Crippen LogP contribution in [-0.4, -0.2) is 39.2 Å². The van der Waals surface area contributed by atoms with Crippen molar-refractivity contribution in [2.45, 2.75) is 51.0 Å². The van der Waals surface area contributed by atoms with Crippen LogP contribution in [0.2, 0.25) is 5.02 Å².